The molecule has 0 saturated heterocycles. The van der Waals surface area contributed by atoms with Gasteiger partial charge in [0.05, 0.1) is 0 Å². The van der Waals surface area contributed by atoms with Crippen LogP contribution in [0.3, 0.4) is 0 Å². The first kappa shape index (κ1) is 9.59. The van der Waals surface area contributed by atoms with E-state index in [1.807, 2.05) is 0 Å². The zero-order valence-electron chi connectivity index (χ0n) is 5.77. The van der Waals surface area contributed by atoms with Crippen LogP contribution in [0.1, 0.15) is 0 Å². The Morgan fingerprint density at radius 1 is 1.50 bits per heavy atom. The van der Waals surface area contributed by atoms with E-state index in [1.165, 1.54) is 12.3 Å². The second kappa shape index (κ2) is 3.48. The molecule has 66 valence electrons. The van der Waals surface area contributed by atoms with Crippen molar-refractivity contribution in [2.75, 3.05) is 0 Å². The molecule has 1 heterocycles. The topological polar surface area (TPSA) is 82.3 Å². The predicted molar refractivity (Wildman–Crippen MR) is 44.4 cm³/mol. The largest absolute Gasteiger partial charge is 0.314 e. The van der Waals surface area contributed by atoms with Crippen LogP contribution >= 0.6 is 15.9 Å². The van der Waals surface area contributed by atoms with E-state index >= 15 is 0 Å². The lowest BCUT2D eigenvalue weighted by atomic mass is 10.5. The third-order valence-electron chi connectivity index (χ3n) is 1.10. The van der Waals surface area contributed by atoms with E-state index in [-0.39, 0.29) is 4.90 Å². The van der Waals surface area contributed by atoms with Gasteiger partial charge in [-0.05, 0) is 22.0 Å². The van der Waals surface area contributed by atoms with Crippen LogP contribution in [0.5, 0.6) is 0 Å². The fourth-order valence-corrected chi connectivity index (χ4v) is 1.67. The van der Waals surface area contributed by atoms with Gasteiger partial charge in [0.2, 0.25) is 0 Å². The van der Waals surface area contributed by atoms with Gasteiger partial charge in [-0.1, -0.05) is 0 Å². The molecule has 12 heavy (non-hydrogen) atoms. The molecular formula is C5H5BrN2O3S. The minimum atomic E-state index is -3.84. The van der Waals surface area contributed by atoms with E-state index in [0.29, 0.717) is 4.47 Å². The van der Waals surface area contributed by atoms with Crippen molar-refractivity contribution in [3.05, 3.63) is 22.9 Å². The van der Waals surface area contributed by atoms with Crippen LogP contribution in [0, 0.1) is 0 Å². The summed E-state index contributed by atoms with van der Waals surface area (Å²) in [6, 6.07) is 1.34. The van der Waals surface area contributed by atoms with Gasteiger partial charge in [0, 0.05) is 16.9 Å². The Balaban J connectivity index is 3.21. The lowest BCUT2D eigenvalue weighted by Gasteiger charge is -1.98. The molecule has 5 nitrogen and oxygen atoms in total. The van der Waals surface area contributed by atoms with E-state index < -0.39 is 10.1 Å². The van der Waals surface area contributed by atoms with Gasteiger partial charge in [-0.25, -0.2) is 0 Å². The Morgan fingerprint density at radius 3 is 2.67 bits per heavy atom. The van der Waals surface area contributed by atoms with Gasteiger partial charge in [-0.3, -0.25) is 4.98 Å². The molecule has 2 N–H and O–H groups in total. The number of hydrogen-bond donors (Lipinski definition) is 1. The average molecular weight is 253 g/mol. The first-order chi connectivity index (χ1) is 5.56. The molecule has 0 aliphatic carbocycles. The molecule has 1 rings (SSSR count). The van der Waals surface area contributed by atoms with Crippen molar-refractivity contribution in [2.45, 2.75) is 4.90 Å². The first-order valence-corrected chi connectivity index (χ1v) is 5.00. The van der Waals surface area contributed by atoms with Crippen molar-refractivity contribution in [1.82, 2.24) is 4.98 Å². The lowest BCUT2D eigenvalue weighted by molar-refractivity contribution is 0.332. The number of nitrogens with two attached hydrogens (primary N) is 1. The Labute approximate surface area is 77.8 Å². The van der Waals surface area contributed by atoms with E-state index in [0.717, 1.165) is 6.20 Å². The van der Waals surface area contributed by atoms with Crippen LogP contribution in [0.15, 0.2) is 27.8 Å². The number of pyridine rings is 1. The number of aromatic nitrogens is 1. The highest BCUT2D eigenvalue weighted by atomic mass is 79.9. The molecule has 0 amide bonds. The molecule has 0 radical (unpaired) electrons. The van der Waals surface area contributed by atoms with Crippen LogP contribution in [0.25, 0.3) is 0 Å². The fourth-order valence-electron chi connectivity index (χ4n) is 0.585. The van der Waals surface area contributed by atoms with Gasteiger partial charge < -0.3 is 0 Å². The van der Waals surface area contributed by atoms with Crippen molar-refractivity contribution >= 4 is 26.0 Å². The van der Waals surface area contributed by atoms with Crippen molar-refractivity contribution in [3.63, 3.8) is 0 Å². The van der Waals surface area contributed by atoms with E-state index in [2.05, 4.69) is 31.1 Å². The summed E-state index contributed by atoms with van der Waals surface area (Å²) in [6.07, 6.45) is 2.60. The molecule has 0 aromatic carbocycles. The van der Waals surface area contributed by atoms with Crippen molar-refractivity contribution in [3.8, 4) is 0 Å². The Kier molecular flexibility index (Phi) is 2.78. The van der Waals surface area contributed by atoms with Gasteiger partial charge in [-0.2, -0.15) is 18.6 Å². The maximum Gasteiger partial charge on any atom is 0.314 e. The molecule has 1 aromatic rings. The maximum atomic E-state index is 10.9. The highest BCUT2D eigenvalue weighted by molar-refractivity contribution is 9.10. The quantitative estimate of drug-likeness (QED) is 0.772. The number of halogens is 1. The molecule has 7 heteroatoms. The molecular weight excluding hydrogens is 248 g/mol. The van der Waals surface area contributed by atoms with Crippen LogP contribution in [0.4, 0.5) is 0 Å². The minimum absolute atomic E-state index is 0.0839. The van der Waals surface area contributed by atoms with Crippen LogP contribution in [-0.4, -0.2) is 13.4 Å². The second-order valence-electron chi connectivity index (χ2n) is 1.89. The second-order valence-corrected chi connectivity index (χ2v) is 4.38. The lowest BCUT2D eigenvalue weighted by Crippen LogP contribution is -2.11. The first-order valence-electron chi connectivity index (χ1n) is 2.80. The third kappa shape index (κ3) is 2.01. The van der Waals surface area contributed by atoms with Crippen molar-refractivity contribution in [1.29, 1.82) is 0 Å². The number of nitrogens with zero attached hydrogens (tertiary/aromatic N) is 1. The average Bonchev–Trinajstić information content (AvgIpc) is 2.05. The minimum Gasteiger partial charge on any atom is -0.262 e. The molecule has 0 saturated carbocycles. The maximum absolute atomic E-state index is 10.9. The predicted octanol–water partition coefficient (Wildman–Crippen LogP) is 0.423. The van der Waals surface area contributed by atoms with E-state index in [9.17, 15) is 8.42 Å². The Bertz CT molecular complexity index is 378. The zero-order chi connectivity index (χ0) is 9.19. The summed E-state index contributed by atoms with van der Waals surface area (Å²) in [5, 5.41) is 0. The summed E-state index contributed by atoms with van der Waals surface area (Å²) in [7, 11) is -3.84. The molecule has 0 fully saturated rings. The smallest absolute Gasteiger partial charge is 0.262 e. The summed E-state index contributed by atoms with van der Waals surface area (Å²) < 4.78 is 26.2. The van der Waals surface area contributed by atoms with Gasteiger partial charge in [-0.15, -0.1) is 0 Å². The highest BCUT2D eigenvalue weighted by Gasteiger charge is 2.13. The number of hydrogen-bond acceptors (Lipinski definition) is 5. The fraction of sp³-hybridized carbons (Fsp3) is 0. The standard InChI is InChI=1S/C5H5BrN2O3S/c6-4-1-5(3-8-2-4)12(9,10)11-7/h1-3H,7H2. The van der Waals surface area contributed by atoms with Gasteiger partial charge in [0.25, 0.3) is 0 Å². The Morgan fingerprint density at radius 2 is 2.17 bits per heavy atom. The molecule has 0 aliphatic rings. The molecule has 1 aromatic heterocycles. The van der Waals surface area contributed by atoms with Gasteiger partial charge >= 0.3 is 10.1 Å². The SMILES string of the molecule is NOS(=O)(=O)c1cncc(Br)c1. The Hall–Kier alpha value is -0.500. The molecule has 0 spiro atoms. The molecule has 0 atom stereocenters. The summed E-state index contributed by atoms with van der Waals surface area (Å²) in [5.74, 6) is 4.56. The van der Waals surface area contributed by atoms with Gasteiger partial charge in [0.15, 0.2) is 0 Å². The summed E-state index contributed by atoms with van der Waals surface area (Å²) >= 11 is 3.06. The van der Waals surface area contributed by atoms with Gasteiger partial charge in [0.1, 0.15) is 4.90 Å². The molecule has 0 bridgehead atoms. The highest BCUT2D eigenvalue weighted by Crippen LogP contribution is 2.14. The molecule has 0 aliphatic heterocycles. The van der Waals surface area contributed by atoms with Crippen LogP contribution in [0.2, 0.25) is 0 Å². The van der Waals surface area contributed by atoms with E-state index in [1.54, 1.807) is 0 Å². The summed E-state index contributed by atoms with van der Waals surface area (Å²) in [6.45, 7) is 0. The van der Waals surface area contributed by atoms with E-state index in [4.69, 9.17) is 0 Å². The summed E-state index contributed by atoms with van der Waals surface area (Å²) in [4.78, 5) is 3.55. The zero-order valence-corrected chi connectivity index (χ0v) is 8.17. The monoisotopic (exact) mass is 252 g/mol. The van der Waals surface area contributed by atoms with Crippen molar-refractivity contribution < 1.29 is 12.7 Å². The van der Waals surface area contributed by atoms with Crippen LogP contribution in [-0.2, 0) is 14.4 Å². The number of rotatable bonds is 2. The molecule has 0 unspecified atom stereocenters. The normalized spacial score (nSPS) is 11.5. The summed E-state index contributed by atoms with van der Waals surface area (Å²) in [5.41, 5.74) is 0. The third-order valence-corrected chi connectivity index (χ3v) is 2.58. The van der Waals surface area contributed by atoms with Crippen LogP contribution < -0.4 is 5.90 Å². The van der Waals surface area contributed by atoms with Crippen molar-refractivity contribution in [2.24, 2.45) is 5.90 Å².